The lowest BCUT2D eigenvalue weighted by atomic mass is 10.3. The topological polar surface area (TPSA) is 20.3 Å². The van der Waals surface area contributed by atoms with Crippen LogP contribution in [0.25, 0.3) is 0 Å². The molecule has 2 nitrogen and oxygen atoms in total. The molecule has 0 atom stereocenters. The fourth-order valence-corrected chi connectivity index (χ4v) is 2.53. The minimum Gasteiger partial charge on any atom is -0.338 e. The van der Waals surface area contributed by atoms with E-state index in [9.17, 15) is 4.79 Å². The maximum atomic E-state index is 12.1. The number of halogens is 1. The van der Waals surface area contributed by atoms with Crippen LogP contribution in [0.1, 0.15) is 42.8 Å². The van der Waals surface area contributed by atoms with Crippen LogP contribution in [0.2, 0.25) is 4.34 Å². The molecule has 1 aromatic rings. The van der Waals surface area contributed by atoms with Gasteiger partial charge >= 0.3 is 0 Å². The molecule has 0 radical (unpaired) electrons. The highest BCUT2D eigenvalue weighted by atomic mass is 35.5. The summed E-state index contributed by atoms with van der Waals surface area (Å²) in [6, 6.07) is 3.59. The Kier molecular flexibility index (Phi) is 5.85. The highest BCUT2D eigenvalue weighted by Gasteiger charge is 2.16. The number of hydrogen-bond donors (Lipinski definition) is 0. The fraction of sp³-hybridized carbons (Fsp3) is 0.583. The molecule has 1 rings (SSSR count). The number of carbonyl (C=O) groups excluding carboxylic acids is 1. The molecule has 0 bridgehead atoms. The van der Waals surface area contributed by atoms with Crippen molar-refractivity contribution >= 4 is 28.8 Å². The molecule has 0 saturated heterocycles. The average Bonchev–Trinajstić information content (AvgIpc) is 2.70. The van der Waals surface area contributed by atoms with Gasteiger partial charge in [-0.1, -0.05) is 31.9 Å². The Balaban J connectivity index is 2.66. The molecule has 0 aliphatic rings. The van der Waals surface area contributed by atoms with Gasteiger partial charge in [-0.3, -0.25) is 4.79 Å². The third-order valence-corrected chi connectivity index (χ3v) is 3.57. The van der Waals surface area contributed by atoms with Crippen molar-refractivity contribution in [3.63, 3.8) is 0 Å². The first kappa shape index (κ1) is 13.5. The van der Waals surface area contributed by atoms with Crippen LogP contribution in [0.3, 0.4) is 0 Å². The average molecular weight is 260 g/mol. The molecule has 0 aliphatic heterocycles. The molecule has 4 heteroatoms. The summed E-state index contributed by atoms with van der Waals surface area (Å²) < 4.78 is 0.676. The van der Waals surface area contributed by atoms with Crippen molar-refractivity contribution in [1.29, 1.82) is 0 Å². The second-order valence-electron chi connectivity index (χ2n) is 3.75. The number of rotatable bonds is 6. The van der Waals surface area contributed by atoms with Crippen LogP contribution in [0.4, 0.5) is 0 Å². The molecule has 0 saturated carbocycles. The normalized spacial score (nSPS) is 10.4. The first-order valence-corrected chi connectivity index (χ1v) is 6.93. The molecule has 90 valence electrons. The Bertz CT molecular complexity index is 338. The Morgan fingerprint density at radius 1 is 1.31 bits per heavy atom. The lowest BCUT2D eigenvalue weighted by Gasteiger charge is -2.21. The van der Waals surface area contributed by atoms with Gasteiger partial charge in [-0.15, -0.1) is 11.3 Å². The third-order valence-electron chi connectivity index (χ3n) is 2.35. The molecule has 1 aromatic heterocycles. The highest BCUT2D eigenvalue weighted by molar-refractivity contribution is 7.17. The molecule has 1 heterocycles. The summed E-state index contributed by atoms with van der Waals surface area (Å²) in [5, 5.41) is 0. The molecule has 0 aromatic carbocycles. The Morgan fingerprint density at radius 2 is 2.06 bits per heavy atom. The van der Waals surface area contributed by atoms with Crippen LogP contribution in [-0.2, 0) is 0 Å². The van der Waals surface area contributed by atoms with Gasteiger partial charge < -0.3 is 4.90 Å². The van der Waals surface area contributed by atoms with Gasteiger partial charge in [-0.05, 0) is 25.0 Å². The molecular weight excluding hydrogens is 242 g/mol. The van der Waals surface area contributed by atoms with Crippen LogP contribution in [0, 0.1) is 0 Å². The predicted octanol–water partition coefficient (Wildman–Crippen LogP) is 4.05. The maximum absolute atomic E-state index is 12.1. The summed E-state index contributed by atoms with van der Waals surface area (Å²) in [4.78, 5) is 14.8. The Hall–Kier alpha value is -0.540. The Labute approximate surface area is 106 Å². The first-order chi connectivity index (χ1) is 7.69. The molecule has 0 N–H and O–H groups in total. The van der Waals surface area contributed by atoms with E-state index >= 15 is 0 Å². The van der Waals surface area contributed by atoms with Gasteiger partial charge in [0.2, 0.25) is 0 Å². The number of nitrogens with zero attached hydrogens (tertiary/aromatic N) is 1. The number of thiophene rings is 1. The van der Waals surface area contributed by atoms with E-state index in [0.29, 0.717) is 4.34 Å². The Morgan fingerprint density at radius 3 is 2.56 bits per heavy atom. The van der Waals surface area contributed by atoms with E-state index in [1.165, 1.54) is 11.3 Å². The molecule has 0 aliphatic carbocycles. The van der Waals surface area contributed by atoms with Crippen molar-refractivity contribution < 1.29 is 4.79 Å². The van der Waals surface area contributed by atoms with Gasteiger partial charge in [0.15, 0.2) is 0 Å². The molecule has 0 spiro atoms. The summed E-state index contributed by atoms with van der Waals surface area (Å²) in [5.41, 5.74) is 0. The summed E-state index contributed by atoms with van der Waals surface area (Å²) in [6.07, 6.45) is 3.16. The molecule has 0 fully saturated rings. The molecule has 1 amide bonds. The lowest BCUT2D eigenvalue weighted by Crippen LogP contribution is -2.32. The van der Waals surface area contributed by atoms with Crippen LogP contribution in [0.5, 0.6) is 0 Å². The smallest absolute Gasteiger partial charge is 0.263 e. The SMILES string of the molecule is CCCCN(CCC)C(=O)c1ccc(Cl)s1. The van der Waals surface area contributed by atoms with E-state index in [2.05, 4.69) is 13.8 Å². The van der Waals surface area contributed by atoms with Crippen LogP contribution >= 0.6 is 22.9 Å². The van der Waals surface area contributed by atoms with Crippen LogP contribution < -0.4 is 0 Å². The van der Waals surface area contributed by atoms with E-state index < -0.39 is 0 Å². The van der Waals surface area contributed by atoms with E-state index in [1.54, 1.807) is 6.07 Å². The van der Waals surface area contributed by atoms with Crippen molar-refractivity contribution in [3.05, 3.63) is 21.3 Å². The van der Waals surface area contributed by atoms with E-state index in [0.717, 1.165) is 37.2 Å². The van der Waals surface area contributed by atoms with Gasteiger partial charge in [-0.2, -0.15) is 0 Å². The molecule has 0 unspecified atom stereocenters. The maximum Gasteiger partial charge on any atom is 0.263 e. The number of carbonyl (C=O) groups is 1. The van der Waals surface area contributed by atoms with E-state index in [-0.39, 0.29) is 5.91 Å². The zero-order valence-electron chi connectivity index (χ0n) is 9.83. The molecular formula is C12H18ClNOS. The number of unbranched alkanes of at least 4 members (excludes halogenated alkanes) is 1. The predicted molar refractivity (Wildman–Crippen MR) is 70.4 cm³/mol. The minimum absolute atomic E-state index is 0.118. The van der Waals surface area contributed by atoms with Crippen molar-refractivity contribution in [2.24, 2.45) is 0 Å². The van der Waals surface area contributed by atoms with Gasteiger partial charge in [0.1, 0.15) is 0 Å². The fourth-order valence-electron chi connectivity index (χ4n) is 1.52. The zero-order chi connectivity index (χ0) is 12.0. The van der Waals surface area contributed by atoms with Crippen molar-refractivity contribution in [2.75, 3.05) is 13.1 Å². The van der Waals surface area contributed by atoms with Crippen molar-refractivity contribution in [2.45, 2.75) is 33.1 Å². The van der Waals surface area contributed by atoms with Crippen LogP contribution in [-0.4, -0.2) is 23.9 Å². The monoisotopic (exact) mass is 259 g/mol. The quantitative estimate of drug-likeness (QED) is 0.755. The third kappa shape index (κ3) is 3.80. The summed E-state index contributed by atoms with van der Waals surface area (Å²) in [7, 11) is 0. The van der Waals surface area contributed by atoms with Crippen molar-refractivity contribution in [3.8, 4) is 0 Å². The zero-order valence-corrected chi connectivity index (χ0v) is 11.4. The number of amides is 1. The van der Waals surface area contributed by atoms with Gasteiger partial charge in [0.05, 0.1) is 9.21 Å². The minimum atomic E-state index is 0.118. The van der Waals surface area contributed by atoms with Crippen LogP contribution in [0.15, 0.2) is 12.1 Å². The molecule has 16 heavy (non-hydrogen) atoms. The second kappa shape index (κ2) is 6.92. The van der Waals surface area contributed by atoms with E-state index in [1.807, 2.05) is 11.0 Å². The number of hydrogen-bond acceptors (Lipinski definition) is 2. The van der Waals surface area contributed by atoms with Crippen molar-refractivity contribution in [1.82, 2.24) is 4.90 Å². The van der Waals surface area contributed by atoms with E-state index in [4.69, 9.17) is 11.6 Å². The summed E-state index contributed by atoms with van der Waals surface area (Å²) >= 11 is 7.20. The van der Waals surface area contributed by atoms with Gasteiger partial charge in [0.25, 0.3) is 5.91 Å². The lowest BCUT2D eigenvalue weighted by molar-refractivity contribution is 0.0758. The highest BCUT2D eigenvalue weighted by Crippen LogP contribution is 2.22. The van der Waals surface area contributed by atoms with Gasteiger partial charge in [-0.25, -0.2) is 0 Å². The van der Waals surface area contributed by atoms with Gasteiger partial charge in [0, 0.05) is 13.1 Å². The standard InChI is InChI=1S/C12H18ClNOS/c1-3-5-9-14(8-4-2)12(15)10-6-7-11(13)16-10/h6-7H,3-5,8-9H2,1-2H3. The summed E-state index contributed by atoms with van der Waals surface area (Å²) in [6.45, 7) is 5.90. The first-order valence-electron chi connectivity index (χ1n) is 5.73. The largest absolute Gasteiger partial charge is 0.338 e. The summed E-state index contributed by atoms with van der Waals surface area (Å²) in [5.74, 6) is 0.118. The second-order valence-corrected chi connectivity index (χ2v) is 5.46.